The van der Waals surface area contributed by atoms with Crippen molar-refractivity contribution in [3.8, 4) is 0 Å². The van der Waals surface area contributed by atoms with Crippen LogP contribution in [0.1, 0.15) is 24.2 Å². The molecule has 0 aliphatic carbocycles. The summed E-state index contributed by atoms with van der Waals surface area (Å²) in [6.45, 7) is 2.68. The topological polar surface area (TPSA) is 35.2 Å². The molecule has 1 aliphatic rings. The van der Waals surface area contributed by atoms with Crippen molar-refractivity contribution in [2.24, 2.45) is 5.73 Å². The summed E-state index contributed by atoms with van der Waals surface area (Å²) in [5.41, 5.74) is 8.22. The molecule has 0 fully saturated rings. The van der Waals surface area contributed by atoms with E-state index in [1.54, 1.807) is 0 Å². The predicted molar refractivity (Wildman–Crippen MR) is 57.5 cm³/mol. The van der Waals surface area contributed by atoms with E-state index in [9.17, 15) is 0 Å². The number of halogens is 1. The molecule has 0 amide bonds. The van der Waals surface area contributed by atoms with Gasteiger partial charge >= 0.3 is 0 Å². The van der Waals surface area contributed by atoms with Gasteiger partial charge < -0.3 is 10.5 Å². The smallest absolute Gasteiger partial charge is 0.0990 e. The Labute approximate surface area is 89.0 Å². The van der Waals surface area contributed by atoms with Gasteiger partial charge in [0.25, 0.3) is 0 Å². The van der Waals surface area contributed by atoms with Gasteiger partial charge in [-0.15, -0.1) is 0 Å². The van der Waals surface area contributed by atoms with Crippen LogP contribution in [0.4, 0.5) is 0 Å². The molecule has 0 saturated carbocycles. The van der Waals surface area contributed by atoms with Crippen molar-refractivity contribution in [3.05, 3.63) is 34.3 Å². The van der Waals surface area contributed by atoms with Gasteiger partial charge in [-0.3, -0.25) is 0 Å². The van der Waals surface area contributed by atoms with Crippen molar-refractivity contribution >= 4 is 11.6 Å². The van der Waals surface area contributed by atoms with Crippen LogP contribution in [0.3, 0.4) is 0 Å². The van der Waals surface area contributed by atoms with Crippen LogP contribution in [-0.2, 0) is 11.2 Å². The second-order valence-electron chi connectivity index (χ2n) is 3.71. The number of benzene rings is 1. The van der Waals surface area contributed by atoms with Gasteiger partial charge in [0.05, 0.1) is 12.7 Å². The minimum Gasteiger partial charge on any atom is -0.372 e. The van der Waals surface area contributed by atoms with Crippen molar-refractivity contribution in [1.82, 2.24) is 0 Å². The third-order valence-electron chi connectivity index (χ3n) is 2.57. The van der Waals surface area contributed by atoms with Crippen LogP contribution in [0, 0.1) is 0 Å². The molecule has 1 aromatic rings. The summed E-state index contributed by atoms with van der Waals surface area (Å²) >= 11 is 6.15. The highest BCUT2D eigenvalue weighted by Crippen LogP contribution is 2.34. The van der Waals surface area contributed by atoms with Crippen LogP contribution in [0.25, 0.3) is 0 Å². The maximum atomic E-state index is 6.15. The van der Waals surface area contributed by atoms with Gasteiger partial charge in [0.15, 0.2) is 0 Å². The SMILES string of the molecule is C[C@@H](N)[C@H]1OCCc2cccc(Cl)c21. The number of fused-ring (bicyclic) bond motifs is 1. The summed E-state index contributed by atoms with van der Waals surface area (Å²) < 4.78 is 5.64. The van der Waals surface area contributed by atoms with Gasteiger partial charge in [0.2, 0.25) is 0 Å². The summed E-state index contributed by atoms with van der Waals surface area (Å²) in [7, 11) is 0. The fraction of sp³-hybridized carbons (Fsp3) is 0.455. The van der Waals surface area contributed by atoms with E-state index in [1.165, 1.54) is 5.56 Å². The Bertz CT molecular complexity index is 338. The summed E-state index contributed by atoms with van der Waals surface area (Å²) in [4.78, 5) is 0. The molecule has 0 saturated heterocycles. The first-order chi connectivity index (χ1) is 6.70. The van der Waals surface area contributed by atoms with Gasteiger partial charge in [-0.2, -0.15) is 0 Å². The molecule has 2 rings (SSSR count). The number of nitrogens with two attached hydrogens (primary N) is 1. The zero-order valence-corrected chi connectivity index (χ0v) is 8.92. The Balaban J connectivity index is 2.47. The third kappa shape index (κ3) is 1.65. The van der Waals surface area contributed by atoms with Crippen LogP contribution in [0.5, 0.6) is 0 Å². The van der Waals surface area contributed by atoms with Crippen LogP contribution in [-0.4, -0.2) is 12.6 Å². The Kier molecular flexibility index (Phi) is 2.77. The van der Waals surface area contributed by atoms with Gasteiger partial charge in [0.1, 0.15) is 0 Å². The lowest BCUT2D eigenvalue weighted by Crippen LogP contribution is -2.31. The average molecular weight is 212 g/mol. The number of hydrogen-bond acceptors (Lipinski definition) is 2. The summed E-state index contributed by atoms with van der Waals surface area (Å²) in [6, 6.07) is 5.95. The van der Waals surface area contributed by atoms with Crippen LogP contribution >= 0.6 is 11.6 Å². The van der Waals surface area contributed by atoms with Crippen molar-refractivity contribution < 1.29 is 4.74 Å². The summed E-state index contributed by atoms with van der Waals surface area (Å²) in [6.07, 6.45) is 0.881. The predicted octanol–water partition coefficient (Wildman–Crippen LogP) is 2.30. The van der Waals surface area contributed by atoms with Crippen LogP contribution in [0.15, 0.2) is 18.2 Å². The molecule has 2 atom stereocenters. The van der Waals surface area contributed by atoms with Crippen LogP contribution in [0.2, 0.25) is 5.02 Å². The maximum Gasteiger partial charge on any atom is 0.0990 e. The molecule has 0 radical (unpaired) electrons. The normalized spacial score (nSPS) is 22.9. The molecule has 0 unspecified atom stereocenters. The van der Waals surface area contributed by atoms with Gasteiger partial charge in [-0.25, -0.2) is 0 Å². The van der Waals surface area contributed by atoms with Crippen molar-refractivity contribution in [1.29, 1.82) is 0 Å². The molecule has 0 bridgehead atoms. The molecule has 1 heterocycles. The maximum absolute atomic E-state index is 6.15. The van der Waals surface area contributed by atoms with Gasteiger partial charge in [0, 0.05) is 16.6 Å². The van der Waals surface area contributed by atoms with Crippen molar-refractivity contribution in [2.75, 3.05) is 6.61 Å². The molecular formula is C11H14ClNO. The first kappa shape index (κ1) is 9.97. The zero-order valence-electron chi connectivity index (χ0n) is 8.16. The highest BCUT2D eigenvalue weighted by atomic mass is 35.5. The Morgan fingerprint density at radius 3 is 3.07 bits per heavy atom. The second kappa shape index (κ2) is 3.89. The fourth-order valence-corrected chi connectivity index (χ4v) is 2.21. The van der Waals surface area contributed by atoms with E-state index >= 15 is 0 Å². The van der Waals surface area contributed by atoms with E-state index in [0.717, 1.165) is 23.6 Å². The fourth-order valence-electron chi connectivity index (χ4n) is 1.91. The lowest BCUT2D eigenvalue weighted by atomic mass is 9.94. The van der Waals surface area contributed by atoms with Gasteiger partial charge in [-0.05, 0) is 25.0 Å². The molecule has 3 heteroatoms. The lowest BCUT2D eigenvalue weighted by Gasteiger charge is -2.29. The summed E-state index contributed by atoms with van der Waals surface area (Å²) in [5.74, 6) is 0. The Hall–Kier alpha value is -0.570. The molecule has 0 aromatic heterocycles. The third-order valence-corrected chi connectivity index (χ3v) is 2.90. The monoisotopic (exact) mass is 211 g/mol. The molecular weight excluding hydrogens is 198 g/mol. The summed E-state index contributed by atoms with van der Waals surface area (Å²) in [5, 5.41) is 0.768. The number of ether oxygens (including phenoxy) is 1. The largest absolute Gasteiger partial charge is 0.372 e. The van der Waals surface area contributed by atoms with E-state index in [1.807, 2.05) is 19.1 Å². The number of rotatable bonds is 1. The molecule has 1 aliphatic heterocycles. The first-order valence-electron chi connectivity index (χ1n) is 4.84. The van der Waals surface area contributed by atoms with E-state index in [0.29, 0.717) is 0 Å². The van der Waals surface area contributed by atoms with Crippen LogP contribution < -0.4 is 5.73 Å². The minimum absolute atomic E-state index is 0.0195. The minimum atomic E-state index is -0.0487. The van der Waals surface area contributed by atoms with E-state index < -0.39 is 0 Å². The van der Waals surface area contributed by atoms with Crippen molar-refractivity contribution in [3.63, 3.8) is 0 Å². The molecule has 76 valence electrons. The van der Waals surface area contributed by atoms with E-state index in [-0.39, 0.29) is 12.1 Å². The first-order valence-corrected chi connectivity index (χ1v) is 5.22. The molecule has 2 N–H and O–H groups in total. The Morgan fingerprint density at radius 1 is 1.57 bits per heavy atom. The molecule has 2 nitrogen and oxygen atoms in total. The molecule has 14 heavy (non-hydrogen) atoms. The standard InChI is InChI=1S/C11H14ClNO/c1-7(13)11-10-8(5-6-14-11)3-2-4-9(10)12/h2-4,7,11H,5-6,13H2,1H3/t7-,11-/m1/s1. The van der Waals surface area contributed by atoms with Gasteiger partial charge in [-0.1, -0.05) is 23.7 Å². The highest BCUT2D eigenvalue weighted by molar-refractivity contribution is 6.31. The quantitative estimate of drug-likeness (QED) is 0.774. The van der Waals surface area contributed by atoms with Crippen molar-refractivity contribution in [2.45, 2.75) is 25.5 Å². The van der Waals surface area contributed by atoms with E-state index in [2.05, 4.69) is 6.07 Å². The van der Waals surface area contributed by atoms with E-state index in [4.69, 9.17) is 22.1 Å². The Morgan fingerprint density at radius 2 is 2.36 bits per heavy atom. The zero-order chi connectivity index (χ0) is 10.1. The number of hydrogen-bond donors (Lipinski definition) is 1. The molecule has 1 aromatic carbocycles. The molecule has 0 spiro atoms. The lowest BCUT2D eigenvalue weighted by molar-refractivity contribution is 0.0285. The second-order valence-corrected chi connectivity index (χ2v) is 4.12. The highest BCUT2D eigenvalue weighted by Gasteiger charge is 2.25. The average Bonchev–Trinajstić information content (AvgIpc) is 2.17.